The average molecular weight is 240 g/mol. The van der Waals surface area contributed by atoms with Gasteiger partial charge in [0, 0.05) is 13.2 Å². The van der Waals surface area contributed by atoms with Gasteiger partial charge in [-0.25, -0.2) is 4.68 Å². The molecule has 5 nitrogen and oxygen atoms in total. The molecule has 0 aliphatic carbocycles. The third-order valence-electron chi connectivity index (χ3n) is 2.55. The summed E-state index contributed by atoms with van der Waals surface area (Å²) >= 11 is 0. The molecule has 5 heteroatoms. The summed E-state index contributed by atoms with van der Waals surface area (Å²) in [5.74, 6) is 0. The topological polar surface area (TPSA) is 63.0 Å². The van der Waals surface area contributed by atoms with E-state index in [1.54, 1.807) is 0 Å². The quantitative estimate of drug-likeness (QED) is 0.705. The molecule has 0 saturated carbocycles. The molecule has 2 N–H and O–H groups in total. The highest BCUT2D eigenvalue weighted by molar-refractivity contribution is 4.93. The minimum atomic E-state index is -0.00756. The van der Waals surface area contributed by atoms with E-state index in [2.05, 4.69) is 36.4 Å². The van der Waals surface area contributed by atoms with Gasteiger partial charge in [-0.05, 0) is 46.6 Å². The fraction of sp³-hybridized carbons (Fsp3) is 0.833. The minimum Gasteiger partial charge on any atom is -0.396 e. The van der Waals surface area contributed by atoms with E-state index in [1.807, 2.05) is 10.9 Å². The lowest BCUT2D eigenvalue weighted by atomic mass is 10.1. The van der Waals surface area contributed by atoms with Crippen LogP contribution < -0.4 is 5.32 Å². The maximum absolute atomic E-state index is 8.64. The summed E-state index contributed by atoms with van der Waals surface area (Å²) in [6, 6.07) is 0. The van der Waals surface area contributed by atoms with Crippen LogP contribution in [0.15, 0.2) is 6.20 Å². The number of hydrogen-bond acceptors (Lipinski definition) is 4. The fourth-order valence-corrected chi connectivity index (χ4v) is 1.46. The third-order valence-corrected chi connectivity index (χ3v) is 2.55. The molecular formula is C12H24N4O. The van der Waals surface area contributed by atoms with Crippen molar-refractivity contribution < 1.29 is 5.11 Å². The molecule has 0 radical (unpaired) electrons. The van der Waals surface area contributed by atoms with Gasteiger partial charge >= 0.3 is 0 Å². The SMILES string of the molecule is CC(C)(C)n1cc(CNCCCCCO)nn1. The van der Waals surface area contributed by atoms with Gasteiger partial charge in [0.25, 0.3) is 0 Å². The zero-order valence-electron chi connectivity index (χ0n) is 11.1. The molecule has 1 heterocycles. The predicted octanol–water partition coefficient (Wildman–Crippen LogP) is 1.29. The highest BCUT2D eigenvalue weighted by Gasteiger charge is 2.14. The molecule has 0 spiro atoms. The molecule has 0 unspecified atom stereocenters. The van der Waals surface area contributed by atoms with E-state index in [9.17, 15) is 0 Å². The maximum Gasteiger partial charge on any atom is 0.0965 e. The molecular weight excluding hydrogens is 216 g/mol. The molecule has 0 atom stereocenters. The van der Waals surface area contributed by atoms with Crippen LogP contribution in [0.25, 0.3) is 0 Å². The molecule has 1 aromatic heterocycles. The summed E-state index contributed by atoms with van der Waals surface area (Å²) in [5, 5.41) is 20.2. The predicted molar refractivity (Wildman–Crippen MR) is 67.7 cm³/mol. The Kier molecular flexibility index (Phi) is 5.58. The zero-order chi connectivity index (χ0) is 12.7. The van der Waals surface area contributed by atoms with Gasteiger partial charge in [0.2, 0.25) is 0 Å². The molecule has 1 rings (SSSR count). The second kappa shape index (κ2) is 6.71. The van der Waals surface area contributed by atoms with E-state index in [0.717, 1.165) is 38.0 Å². The Balaban J connectivity index is 2.21. The highest BCUT2D eigenvalue weighted by atomic mass is 16.2. The van der Waals surface area contributed by atoms with Gasteiger partial charge in [0.15, 0.2) is 0 Å². The Morgan fingerprint density at radius 3 is 2.65 bits per heavy atom. The van der Waals surface area contributed by atoms with Crippen LogP contribution in [-0.4, -0.2) is 33.3 Å². The van der Waals surface area contributed by atoms with Gasteiger partial charge in [-0.3, -0.25) is 0 Å². The second-order valence-corrected chi connectivity index (χ2v) is 5.29. The molecule has 98 valence electrons. The van der Waals surface area contributed by atoms with E-state index in [-0.39, 0.29) is 5.54 Å². The van der Waals surface area contributed by atoms with Gasteiger partial charge in [-0.2, -0.15) is 0 Å². The molecule has 0 aliphatic heterocycles. The van der Waals surface area contributed by atoms with Crippen molar-refractivity contribution >= 4 is 0 Å². The van der Waals surface area contributed by atoms with Crippen LogP contribution in [0.4, 0.5) is 0 Å². The standard InChI is InChI=1S/C12H24N4O/c1-12(2,3)16-10-11(14-15-16)9-13-7-5-4-6-8-17/h10,13,17H,4-9H2,1-3H3. The summed E-state index contributed by atoms with van der Waals surface area (Å²) in [5.41, 5.74) is 0.967. The Morgan fingerprint density at radius 1 is 1.29 bits per heavy atom. The minimum absolute atomic E-state index is 0.00756. The Labute approximate surface area is 103 Å². The van der Waals surface area contributed by atoms with E-state index >= 15 is 0 Å². The maximum atomic E-state index is 8.64. The van der Waals surface area contributed by atoms with Crippen LogP contribution >= 0.6 is 0 Å². The van der Waals surface area contributed by atoms with Crippen molar-refractivity contribution in [3.63, 3.8) is 0 Å². The highest BCUT2D eigenvalue weighted by Crippen LogP contribution is 2.11. The first kappa shape index (κ1) is 14.1. The lowest BCUT2D eigenvalue weighted by Gasteiger charge is -2.17. The molecule has 1 aromatic rings. The smallest absolute Gasteiger partial charge is 0.0965 e. The van der Waals surface area contributed by atoms with Crippen molar-refractivity contribution in [2.75, 3.05) is 13.2 Å². The van der Waals surface area contributed by atoms with Gasteiger partial charge in [-0.1, -0.05) is 5.21 Å². The number of rotatable bonds is 7. The first-order valence-corrected chi connectivity index (χ1v) is 6.27. The summed E-state index contributed by atoms with van der Waals surface area (Å²) < 4.78 is 1.88. The van der Waals surface area contributed by atoms with Crippen molar-refractivity contribution in [2.24, 2.45) is 0 Å². The Morgan fingerprint density at radius 2 is 2.06 bits per heavy atom. The van der Waals surface area contributed by atoms with Crippen LogP contribution in [0.2, 0.25) is 0 Å². The lowest BCUT2D eigenvalue weighted by Crippen LogP contribution is -2.22. The van der Waals surface area contributed by atoms with Crippen molar-refractivity contribution in [2.45, 2.75) is 52.1 Å². The van der Waals surface area contributed by atoms with E-state index < -0.39 is 0 Å². The number of aromatic nitrogens is 3. The number of aliphatic hydroxyl groups is 1. The van der Waals surface area contributed by atoms with Gasteiger partial charge < -0.3 is 10.4 Å². The van der Waals surface area contributed by atoms with Crippen molar-refractivity contribution in [3.8, 4) is 0 Å². The number of nitrogens with one attached hydrogen (secondary N) is 1. The van der Waals surface area contributed by atoms with E-state index in [1.165, 1.54) is 0 Å². The Bertz CT molecular complexity index is 317. The van der Waals surface area contributed by atoms with Crippen LogP contribution in [0, 0.1) is 0 Å². The van der Waals surface area contributed by atoms with Crippen molar-refractivity contribution in [3.05, 3.63) is 11.9 Å². The van der Waals surface area contributed by atoms with Gasteiger partial charge in [0.1, 0.15) is 0 Å². The van der Waals surface area contributed by atoms with E-state index in [4.69, 9.17) is 5.11 Å². The summed E-state index contributed by atoms with van der Waals surface area (Å²) in [7, 11) is 0. The number of hydrogen-bond donors (Lipinski definition) is 2. The zero-order valence-corrected chi connectivity index (χ0v) is 11.1. The molecule has 0 aliphatic rings. The average Bonchev–Trinajstić information content (AvgIpc) is 2.71. The number of nitrogens with zero attached hydrogens (tertiary/aromatic N) is 3. The van der Waals surface area contributed by atoms with Crippen molar-refractivity contribution in [1.29, 1.82) is 0 Å². The van der Waals surface area contributed by atoms with Crippen LogP contribution in [-0.2, 0) is 12.1 Å². The summed E-state index contributed by atoms with van der Waals surface area (Å²) in [4.78, 5) is 0. The first-order valence-electron chi connectivity index (χ1n) is 6.27. The molecule has 17 heavy (non-hydrogen) atoms. The molecule has 0 fully saturated rings. The fourth-order valence-electron chi connectivity index (χ4n) is 1.46. The van der Waals surface area contributed by atoms with Crippen LogP contribution in [0.1, 0.15) is 45.7 Å². The second-order valence-electron chi connectivity index (χ2n) is 5.29. The van der Waals surface area contributed by atoms with Crippen molar-refractivity contribution in [1.82, 2.24) is 20.3 Å². The summed E-state index contributed by atoms with van der Waals surface area (Å²) in [6.07, 6.45) is 5.04. The molecule has 0 amide bonds. The third kappa shape index (κ3) is 5.28. The van der Waals surface area contributed by atoms with Gasteiger partial charge in [0.05, 0.1) is 17.4 Å². The van der Waals surface area contributed by atoms with E-state index in [0.29, 0.717) is 6.61 Å². The monoisotopic (exact) mass is 240 g/mol. The molecule has 0 bridgehead atoms. The van der Waals surface area contributed by atoms with Crippen LogP contribution in [0.3, 0.4) is 0 Å². The lowest BCUT2D eigenvalue weighted by molar-refractivity contribution is 0.283. The van der Waals surface area contributed by atoms with Crippen LogP contribution in [0.5, 0.6) is 0 Å². The Hall–Kier alpha value is -0.940. The number of aliphatic hydroxyl groups excluding tert-OH is 1. The molecule has 0 saturated heterocycles. The summed E-state index contributed by atoms with van der Waals surface area (Å²) in [6.45, 7) is 8.33. The van der Waals surface area contributed by atoms with Gasteiger partial charge in [-0.15, -0.1) is 5.10 Å². The molecule has 0 aromatic carbocycles. The normalized spacial score (nSPS) is 12.0. The largest absolute Gasteiger partial charge is 0.396 e. The number of unbranched alkanes of at least 4 members (excludes halogenated alkanes) is 2. The first-order chi connectivity index (χ1) is 8.04.